The van der Waals surface area contributed by atoms with Gasteiger partial charge in [0, 0.05) is 4.90 Å². The summed E-state index contributed by atoms with van der Waals surface area (Å²) in [6.07, 6.45) is 1.92. The highest BCUT2D eigenvalue weighted by Crippen LogP contribution is 2.55. The molecule has 0 bridgehead atoms. The van der Waals surface area contributed by atoms with Gasteiger partial charge in [-0.2, -0.15) is 0 Å². The summed E-state index contributed by atoms with van der Waals surface area (Å²) in [6.45, 7) is -3.50. The molecule has 0 saturated carbocycles. The van der Waals surface area contributed by atoms with E-state index in [0.29, 0.717) is 5.75 Å². The lowest BCUT2D eigenvalue weighted by atomic mass is 10.3. The first-order chi connectivity index (χ1) is 7.72. The van der Waals surface area contributed by atoms with Crippen molar-refractivity contribution in [3.8, 4) is 5.75 Å². The lowest BCUT2D eigenvalue weighted by Gasteiger charge is -2.17. The molecule has 5 nitrogen and oxygen atoms in total. The summed E-state index contributed by atoms with van der Waals surface area (Å²) in [4.78, 5) is 28.1. The van der Waals surface area contributed by atoms with Gasteiger partial charge in [-0.1, -0.05) is 0 Å². The molecule has 0 amide bonds. The Labute approximate surface area is 109 Å². The second-order valence-corrected chi connectivity index (χ2v) is 9.72. The average Bonchev–Trinajstić information content (AvgIpc) is 2.14. The second kappa shape index (κ2) is 5.85. The fraction of sp³-hybridized carbons (Fsp3) is 0.250. The molecule has 3 N–H and O–H groups in total. The fourth-order valence-corrected chi connectivity index (χ4v) is 5.63. The molecule has 96 valence electrons. The third-order valence-corrected chi connectivity index (χ3v) is 7.08. The van der Waals surface area contributed by atoms with E-state index in [0.717, 1.165) is 4.90 Å². The number of hydrogen-bond donors (Lipinski definition) is 3. The number of thioether (sulfide) groups is 1. The lowest BCUT2D eigenvalue weighted by Crippen LogP contribution is -1.97. The Kier molecular flexibility index (Phi) is 5.22. The van der Waals surface area contributed by atoms with E-state index < -0.39 is 20.0 Å². The summed E-state index contributed by atoms with van der Waals surface area (Å²) >= 11 is 6.23. The van der Waals surface area contributed by atoms with Crippen LogP contribution in [0.15, 0.2) is 29.2 Å². The van der Waals surface area contributed by atoms with Gasteiger partial charge in [-0.3, -0.25) is 4.57 Å². The van der Waals surface area contributed by atoms with Crippen molar-refractivity contribution in [1.29, 1.82) is 0 Å². The molecule has 9 heteroatoms. The van der Waals surface area contributed by atoms with Crippen molar-refractivity contribution in [1.82, 2.24) is 0 Å². The summed E-state index contributed by atoms with van der Waals surface area (Å²) in [5, 5.41) is 0. The van der Waals surface area contributed by atoms with Gasteiger partial charge >= 0.3 is 7.60 Å². The zero-order chi connectivity index (χ0) is 13.1. The Morgan fingerprint density at radius 3 is 2.24 bits per heavy atom. The van der Waals surface area contributed by atoms with Crippen molar-refractivity contribution in [2.24, 2.45) is 0 Å². The second-order valence-electron chi connectivity index (χ2n) is 3.21. The molecule has 1 unspecified atom stereocenters. The van der Waals surface area contributed by atoms with Crippen molar-refractivity contribution < 1.29 is 23.8 Å². The maximum absolute atomic E-state index is 10.7. The smallest absolute Gasteiger partial charge is 0.336 e. The van der Waals surface area contributed by atoms with Gasteiger partial charge in [-0.15, -0.1) is 11.8 Å². The minimum atomic E-state index is -4.37. The molecule has 0 heterocycles. The first-order valence-corrected chi connectivity index (χ1v) is 10.3. The largest absolute Gasteiger partial charge is 0.443 e. The van der Waals surface area contributed by atoms with Gasteiger partial charge in [0.15, 0.2) is 0 Å². The SMILES string of the molecule is CSc1ccc(OP(O)(=S)CP(=O)(O)O)cc1. The quantitative estimate of drug-likeness (QED) is 0.567. The van der Waals surface area contributed by atoms with E-state index in [1.807, 2.05) is 6.26 Å². The minimum absolute atomic E-state index is 0.307. The Hall–Kier alpha value is 0.130. The van der Waals surface area contributed by atoms with Crippen LogP contribution in [0.5, 0.6) is 5.75 Å². The van der Waals surface area contributed by atoms with Gasteiger partial charge in [0.25, 0.3) is 0 Å². The van der Waals surface area contributed by atoms with Crippen LogP contribution in [0.1, 0.15) is 0 Å². The zero-order valence-electron chi connectivity index (χ0n) is 8.89. The molecule has 0 aromatic heterocycles. The predicted molar refractivity (Wildman–Crippen MR) is 72.3 cm³/mol. The van der Waals surface area contributed by atoms with Gasteiger partial charge in [-0.25, -0.2) is 0 Å². The van der Waals surface area contributed by atoms with E-state index in [-0.39, 0.29) is 0 Å². The summed E-state index contributed by atoms with van der Waals surface area (Å²) < 4.78 is 15.8. The molecule has 0 radical (unpaired) electrons. The highest BCUT2D eigenvalue weighted by Gasteiger charge is 2.27. The van der Waals surface area contributed by atoms with Crippen LogP contribution in [0, 0.1) is 0 Å². The zero-order valence-corrected chi connectivity index (χ0v) is 12.3. The van der Waals surface area contributed by atoms with Crippen LogP contribution in [0.25, 0.3) is 0 Å². The molecular weight excluding hydrogens is 302 g/mol. The first kappa shape index (κ1) is 15.2. The number of rotatable bonds is 5. The fourth-order valence-electron chi connectivity index (χ4n) is 1.06. The summed E-state index contributed by atoms with van der Waals surface area (Å²) in [7, 11) is -4.37. The standard InChI is InChI=1S/C8H12O5P2S2/c1-17-8-4-2-7(3-5-8)13-15(12,16)6-14(9,10)11/h2-5H,6H2,1H3,(H,12,16)(H2,9,10,11). The maximum atomic E-state index is 10.7. The molecule has 1 rings (SSSR count). The molecular formula is C8H12O5P2S2. The van der Waals surface area contributed by atoms with Gasteiger partial charge in [0.1, 0.15) is 11.7 Å². The molecule has 0 spiro atoms. The molecule has 1 atom stereocenters. The minimum Gasteiger partial charge on any atom is -0.443 e. The molecule has 0 fully saturated rings. The maximum Gasteiger partial charge on any atom is 0.336 e. The van der Waals surface area contributed by atoms with Crippen LogP contribution in [0.2, 0.25) is 0 Å². The van der Waals surface area contributed by atoms with E-state index >= 15 is 0 Å². The van der Waals surface area contributed by atoms with Crippen molar-refractivity contribution in [2.75, 3.05) is 12.2 Å². The van der Waals surface area contributed by atoms with Crippen LogP contribution in [-0.2, 0) is 16.4 Å². The monoisotopic (exact) mass is 314 g/mol. The van der Waals surface area contributed by atoms with E-state index in [1.165, 1.54) is 0 Å². The van der Waals surface area contributed by atoms with Crippen molar-refractivity contribution in [3.63, 3.8) is 0 Å². The number of hydrogen-bond acceptors (Lipinski definition) is 4. The summed E-state index contributed by atoms with van der Waals surface area (Å²) in [5.41, 5.74) is 0. The molecule has 0 aliphatic rings. The van der Waals surface area contributed by atoms with Crippen LogP contribution in [0.3, 0.4) is 0 Å². The van der Waals surface area contributed by atoms with Crippen molar-refractivity contribution in [2.45, 2.75) is 4.90 Å². The molecule has 0 aliphatic heterocycles. The van der Waals surface area contributed by atoms with Gasteiger partial charge in [0.05, 0.1) is 0 Å². The van der Waals surface area contributed by atoms with Crippen molar-refractivity contribution >= 4 is 37.7 Å². The molecule has 1 aromatic carbocycles. The van der Waals surface area contributed by atoms with Gasteiger partial charge in [-0.05, 0) is 42.3 Å². The predicted octanol–water partition coefficient (Wildman–Crippen LogP) is 2.22. The topological polar surface area (TPSA) is 87.0 Å². The van der Waals surface area contributed by atoms with Crippen LogP contribution in [0.4, 0.5) is 0 Å². The van der Waals surface area contributed by atoms with Gasteiger partial charge in [0.2, 0.25) is 6.49 Å². The van der Waals surface area contributed by atoms with E-state index in [9.17, 15) is 9.46 Å². The summed E-state index contributed by atoms with van der Waals surface area (Å²) in [6, 6.07) is 6.74. The molecule has 0 aliphatic carbocycles. The Bertz CT molecular complexity index is 469. The van der Waals surface area contributed by atoms with Gasteiger partial charge < -0.3 is 19.2 Å². The third-order valence-electron chi connectivity index (χ3n) is 1.67. The Balaban J connectivity index is 2.76. The third kappa shape index (κ3) is 6.02. The molecule has 17 heavy (non-hydrogen) atoms. The van der Waals surface area contributed by atoms with E-state index in [4.69, 9.17) is 14.3 Å². The molecule has 1 aromatic rings. The van der Waals surface area contributed by atoms with Crippen LogP contribution in [-0.4, -0.2) is 26.8 Å². The van der Waals surface area contributed by atoms with E-state index in [1.54, 1.807) is 36.0 Å². The highest BCUT2D eigenvalue weighted by molar-refractivity contribution is 8.12. The average molecular weight is 314 g/mol. The highest BCUT2D eigenvalue weighted by atomic mass is 32.5. The normalized spacial score (nSPS) is 15.3. The number of benzene rings is 1. The Morgan fingerprint density at radius 1 is 1.29 bits per heavy atom. The summed E-state index contributed by atoms with van der Waals surface area (Å²) in [5.74, 6) is -0.512. The lowest BCUT2D eigenvalue weighted by molar-refractivity contribution is 0.375. The van der Waals surface area contributed by atoms with Crippen molar-refractivity contribution in [3.05, 3.63) is 24.3 Å². The first-order valence-electron chi connectivity index (χ1n) is 4.42. The van der Waals surface area contributed by atoms with E-state index in [2.05, 4.69) is 11.8 Å². The molecule has 0 saturated heterocycles. The Morgan fingerprint density at radius 2 is 1.82 bits per heavy atom. The van der Waals surface area contributed by atoms with Crippen LogP contribution < -0.4 is 4.52 Å². The van der Waals surface area contributed by atoms with Crippen LogP contribution >= 0.6 is 25.8 Å².